The van der Waals surface area contributed by atoms with Crippen LogP contribution in [0.1, 0.15) is 19.4 Å². The number of carboxylic acids is 1. The number of aliphatic carboxylic acids is 1. The van der Waals surface area contributed by atoms with E-state index in [-0.39, 0.29) is 18.2 Å². The maximum Gasteiger partial charge on any atom is 0.326 e. The summed E-state index contributed by atoms with van der Waals surface area (Å²) in [7, 11) is 0. The first kappa shape index (κ1) is 15.8. The van der Waals surface area contributed by atoms with E-state index in [2.05, 4.69) is 5.32 Å². The minimum Gasteiger partial charge on any atom is -0.480 e. The Bertz CT molecular complexity index is 469. The Labute approximate surface area is 121 Å². The number of hydrogen-bond donors (Lipinski definition) is 2. The number of hydrogen-bond acceptors (Lipinski definition) is 2. The van der Waals surface area contributed by atoms with Crippen molar-refractivity contribution >= 4 is 35.1 Å². The number of benzene rings is 1. The number of amides is 1. The lowest BCUT2D eigenvalue weighted by molar-refractivity contribution is -0.142. The highest BCUT2D eigenvalue weighted by atomic mass is 35.5. The van der Waals surface area contributed by atoms with Gasteiger partial charge in [0.25, 0.3) is 0 Å². The Balaban J connectivity index is 2.91. The molecule has 0 aromatic heterocycles. The van der Waals surface area contributed by atoms with Crippen molar-refractivity contribution in [2.45, 2.75) is 26.3 Å². The van der Waals surface area contributed by atoms with E-state index in [1.165, 1.54) is 0 Å². The van der Waals surface area contributed by atoms with Crippen LogP contribution in [-0.2, 0) is 16.0 Å². The Kier molecular flexibility index (Phi) is 5.63. The molecule has 0 bridgehead atoms. The Morgan fingerprint density at radius 3 is 2.21 bits per heavy atom. The highest BCUT2D eigenvalue weighted by Gasteiger charge is 2.23. The molecule has 1 rings (SSSR count). The number of carbonyl (C=O) groups excluding carboxylic acids is 1. The van der Waals surface area contributed by atoms with Crippen molar-refractivity contribution in [3.8, 4) is 0 Å². The Morgan fingerprint density at radius 2 is 1.79 bits per heavy atom. The number of rotatable bonds is 5. The van der Waals surface area contributed by atoms with Crippen molar-refractivity contribution in [1.82, 2.24) is 5.32 Å². The molecule has 6 heteroatoms. The fourth-order valence-corrected chi connectivity index (χ4v) is 2.02. The maximum absolute atomic E-state index is 11.6. The molecule has 0 saturated heterocycles. The third kappa shape index (κ3) is 4.40. The molecule has 0 fully saturated rings. The van der Waals surface area contributed by atoms with E-state index >= 15 is 0 Å². The Morgan fingerprint density at radius 1 is 1.26 bits per heavy atom. The minimum absolute atomic E-state index is 0.0479. The zero-order chi connectivity index (χ0) is 14.6. The molecule has 0 aliphatic rings. The number of carbonyl (C=O) groups is 2. The van der Waals surface area contributed by atoms with Crippen LogP contribution in [0.3, 0.4) is 0 Å². The van der Waals surface area contributed by atoms with Crippen LogP contribution in [0.2, 0.25) is 10.0 Å². The lowest BCUT2D eigenvalue weighted by Crippen LogP contribution is -2.44. The molecule has 1 aromatic carbocycles. The largest absolute Gasteiger partial charge is 0.480 e. The van der Waals surface area contributed by atoms with Crippen LogP contribution in [0.15, 0.2) is 18.2 Å². The van der Waals surface area contributed by atoms with Crippen molar-refractivity contribution in [3.63, 3.8) is 0 Å². The summed E-state index contributed by atoms with van der Waals surface area (Å²) in [6, 6.07) is 3.89. The third-order valence-corrected chi connectivity index (χ3v) is 3.32. The molecule has 0 saturated carbocycles. The van der Waals surface area contributed by atoms with E-state index in [9.17, 15) is 9.59 Å². The maximum atomic E-state index is 11.6. The SMILES string of the molecule is CC(C)C(=O)N[C@@H](Cc1c(Cl)cccc1Cl)C(=O)O. The van der Waals surface area contributed by atoms with Gasteiger partial charge >= 0.3 is 5.97 Å². The summed E-state index contributed by atoms with van der Waals surface area (Å²) < 4.78 is 0. The predicted molar refractivity (Wildman–Crippen MR) is 74.6 cm³/mol. The second kappa shape index (κ2) is 6.78. The molecule has 1 atom stereocenters. The van der Waals surface area contributed by atoms with Gasteiger partial charge in [-0.15, -0.1) is 0 Å². The van der Waals surface area contributed by atoms with Gasteiger partial charge in [-0.25, -0.2) is 4.79 Å². The molecule has 1 amide bonds. The van der Waals surface area contributed by atoms with Gasteiger partial charge in [0.15, 0.2) is 0 Å². The first-order valence-electron chi connectivity index (χ1n) is 5.79. The average Bonchev–Trinajstić information content (AvgIpc) is 2.31. The smallest absolute Gasteiger partial charge is 0.326 e. The molecule has 0 radical (unpaired) electrons. The van der Waals surface area contributed by atoms with E-state index in [1.807, 2.05) is 0 Å². The zero-order valence-corrected chi connectivity index (χ0v) is 12.1. The zero-order valence-electron chi connectivity index (χ0n) is 10.6. The first-order chi connectivity index (χ1) is 8.82. The van der Waals surface area contributed by atoms with Gasteiger partial charge in [-0.3, -0.25) is 4.79 Å². The van der Waals surface area contributed by atoms with Gasteiger partial charge in [0.05, 0.1) is 0 Å². The number of halogens is 2. The van der Waals surface area contributed by atoms with Gasteiger partial charge in [-0.1, -0.05) is 43.1 Å². The molecule has 104 valence electrons. The molecule has 0 unspecified atom stereocenters. The van der Waals surface area contributed by atoms with Gasteiger partial charge in [-0.05, 0) is 17.7 Å². The summed E-state index contributed by atoms with van der Waals surface area (Å²) in [4.78, 5) is 22.8. The van der Waals surface area contributed by atoms with Gasteiger partial charge < -0.3 is 10.4 Å². The highest BCUT2D eigenvalue weighted by molar-refractivity contribution is 6.36. The topological polar surface area (TPSA) is 66.4 Å². The molecule has 0 heterocycles. The quantitative estimate of drug-likeness (QED) is 0.879. The van der Waals surface area contributed by atoms with E-state index in [0.29, 0.717) is 15.6 Å². The summed E-state index contributed by atoms with van der Waals surface area (Å²) in [5.74, 6) is -1.73. The second-order valence-corrected chi connectivity index (χ2v) is 5.27. The van der Waals surface area contributed by atoms with Crippen LogP contribution in [0.4, 0.5) is 0 Å². The standard InChI is InChI=1S/C13H15Cl2NO3/c1-7(2)12(17)16-11(13(18)19)6-8-9(14)4-3-5-10(8)15/h3-5,7,11H,6H2,1-2H3,(H,16,17)(H,18,19)/t11-/m0/s1. The number of carboxylic acid groups (broad SMARTS) is 1. The van der Waals surface area contributed by atoms with Crippen LogP contribution in [0.5, 0.6) is 0 Å². The summed E-state index contributed by atoms with van der Waals surface area (Å²) in [6.07, 6.45) is 0.0479. The molecular weight excluding hydrogens is 289 g/mol. The monoisotopic (exact) mass is 303 g/mol. The Hall–Kier alpha value is -1.26. The molecular formula is C13H15Cl2NO3. The van der Waals surface area contributed by atoms with Crippen molar-refractivity contribution in [3.05, 3.63) is 33.8 Å². The van der Waals surface area contributed by atoms with E-state index in [1.54, 1.807) is 32.0 Å². The minimum atomic E-state index is -1.12. The molecule has 2 N–H and O–H groups in total. The van der Waals surface area contributed by atoms with Crippen molar-refractivity contribution in [2.24, 2.45) is 5.92 Å². The van der Waals surface area contributed by atoms with Crippen molar-refractivity contribution in [1.29, 1.82) is 0 Å². The van der Waals surface area contributed by atoms with Gasteiger partial charge in [0.2, 0.25) is 5.91 Å². The molecule has 1 aromatic rings. The lowest BCUT2D eigenvalue weighted by atomic mass is 10.0. The van der Waals surface area contributed by atoms with Crippen molar-refractivity contribution in [2.75, 3.05) is 0 Å². The van der Waals surface area contributed by atoms with Gasteiger partial charge in [-0.2, -0.15) is 0 Å². The van der Waals surface area contributed by atoms with E-state index in [4.69, 9.17) is 28.3 Å². The van der Waals surface area contributed by atoms with Crippen LogP contribution in [0, 0.1) is 5.92 Å². The van der Waals surface area contributed by atoms with Crippen LogP contribution in [-0.4, -0.2) is 23.0 Å². The first-order valence-corrected chi connectivity index (χ1v) is 6.54. The number of nitrogens with one attached hydrogen (secondary N) is 1. The van der Waals surface area contributed by atoms with Crippen LogP contribution in [0.25, 0.3) is 0 Å². The molecule has 4 nitrogen and oxygen atoms in total. The van der Waals surface area contributed by atoms with Crippen LogP contribution < -0.4 is 5.32 Å². The molecule has 0 aliphatic heterocycles. The molecule has 0 aliphatic carbocycles. The van der Waals surface area contributed by atoms with Crippen LogP contribution >= 0.6 is 23.2 Å². The van der Waals surface area contributed by atoms with Crippen molar-refractivity contribution < 1.29 is 14.7 Å². The predicted octanol–water partition coefficient (Wildman–Crippen LogP) is 2.76. The summed E-state index contributed by atoms with van der Waals surface area (Å²) in [6.45, 7) is 3.38. The summed E-state index contributed by atoms with van der Waals surface area (Å²) in [5.41, 5.74) is 0.516. The van der Waals surface area contributed by atoms with E-state index in [0.717, 1.165) is 0 Å². The fraction of sp³-hybridized carbons (Fsp3) is 0.385. The second-order valence-electron chi connectivity index (χ2n) is 4.46. The normalized spacial score (nSPS) is 12.3. The van der Waals surface area contributed by atoms with Gasteiger partial charge in [0.1, 0.15) is 6.04 Å². The summed E-state index contributed by atoms with van der Waals surface area (Å²) >= 11 is 12.0. The summed E-state index contributed by atoms with van der Waals surface area (Å²) in [5, 5.41) is 12.4. The lowest BCUT2D eigenvalue weighted by Gasteiger charge is -2.17. The highest BCUT2D eigenvalue weighted by Crippen LogP contribution is 2.25. The average molecular weight is 304 g/mol. The third-order valence-electron chi connectivity index (χ3n) is 2.61. The van der Waals surface area contributed by atoms with Gasteiger partial charge in [0, 0.05) is 22.4 Å². The molecule has 19 heavy (non-hydrogen) atoms. The molecule has 0 spiro atoms. The van der Waals surface area contributed by atoms with E-state index < -0.39 is 12.0 Å². The fourth-order valence-electron chi connectivity index (χ4n) is 1.47.